The fraction of sp³-hybridized carbons (Fsp3) is 0.278. The molecule has 0 heterocycles. The standard InChI is InChI=1S/C18H20ClNO3/c1-4-15(12-9-10-16(22-2)17(11-12)23-3)20-18(21)13-7-5-6-8-14(13)19/h5-11,15H,4H2,1-3H3,(H,20,21)/t15-/m1/s1. The molecular formula is C18H20ClNO3. The number of benzene rings is 2. The molecule has 0 aliphatic carbocycles. The number of rotatable bonds is 6. The van der Waals surface area contributed by atoms with E-state index in [1.807, 2.05) is 25.1 Å². The van der Waals surface area contributed by atoms with E-state index in [2.05, 4.69) is 5.32 Å². The van der Waals surface area contributed by atoms with Crippen LogP contribution in [0.1, 0.15) is 35.3 Å². The SMILES string of the molecule is CC[C@@H](NC(=O)c1ccccc1Cl)c1ccc(OC)c(OC)c1. The van der Waals surface area contributed by atoms with Gasteiger partial charge in [0.15, 0.2) is 11.5 Å². The normalized spacial score (nSPS) is 11.7. The predicted molar refractivity (Wildman–Crippen MR) is 91.5 cm³/mol. The van der Waals surface area contributed by atoms with E-state index in [0.717, 1.165) is 12.0 Å². The first kappa shape index (κ1) is 17.2. The molecule has 0 aliphatic heterocycles. The number of carbonyl (C=O) groups is 1. The van der Waals surface area contributed by atoms with Crippen LogP contribution in [0.15, 0.2) is 42.5 Å². The highest BCUT2D eigenvalue weighted by Gasteiger charge is 2.17. The zero-order valence-electron chi connectivity index (χ0n) is 13.4. The predicted octanol–water partition coefficient (Wildman–Crippen LogP) is 4.24. The summed E-state index contributed by atoms with van der Waals surface area (Å²) in [5, 5.41) is 3.45. The minimum atomic E-state index is -0.197. The molecule has 1 N–H and O–H groups in total. The molecule has 0 aliphatic rings. The maximum absolute atomic E-state index is 12.4. The van der Waals surface area contributed by atoms with E-state index in [1.54, 1.807) is 38.5 Å². The van der Waals surface area contributed by atoms with E-state index in [9.17, 15) is 4.79 Å². The second-order valence-electron chi connectivity index (χ2n) is 5.03. The summed E-state index contributed by atoms with van der Waals surface area (Å²) in [6.45, 7) is 2.01. The lowest BCUT2D eigenvalue weighted by Gasteiger charge is -2.19. The lowest BCUT2D eigenvalue weighted by molar-refractivity contribution is 0.0935. The van der Waals surface area contributed by atoms with Crippen molar-refractivity contribution in [3.63, 3.8) is 0 Å². The molecule has 4 nitrogen and oxygen atoms in total. The Hall–Kier alpha value is -2.20. The molecule has 0 radical (unpaired) electrons. The molecule has 1 atom stereocenters. The van der Waals surface area contributed by atoms with Gasteiger partial charge >= 0.3 is 0 Å². The number of nitrogens with one attached hydrogen (secondary N) is 1. The molecule has 0 aromatic heterocycles. The molecule has 0 bridgehead atoms. The van der Waals surface area contributed by atoms with Crippen LogP contribution in [-0.4, -0.2) is 20.1 Å². The quantitative estimate of drug-likeness (QED) is 0.860. The fourth-order valence-corrected chi connectivity index (χ4v) is 2.59. The van der Waals surface area contributed by atoms with E-state index in [-0.39, 0.29) is 11.9 Å². The lowest BCUT2D eigenvalue weighted by Crippen LogP contribution is -2.28. The van der Waals surface area contributed by atoms with Crippen molar-refractivity contribution in [1.82, 2.24) is 5.32 Å². The molecule has 2 rings (SSSR count). The average Bonchev–Trinajstić information content (AvgIpc) is 2.59. The topological polar surface area (TPSA) is 47.6 Å². The van der Waals surface area contributed by atoms with Gasteiger partial charge in [0.05, 0.1) is 30.8 Å². The molecule has 122 valence electrons. The number of ether oxygens (including phenoxy) is 2. The van der Waals surface area contributed by atoms with Crippen molar-refractivity contribution in [2.45, 2.75) is 19.4 Å². The maximum Gasteiger partial charge on any atom is 0.253 e. The Morgan fingerprint density at radius 3 is 2.43 bits per heavy atom. The molecule has 0 spiro atoms. The molecular weight excluding hydrogens is 314 g/mol. The Kier molecular flexibility index (Phi) is 5.88. The number of carbonyl (C=O) groups excluding carboxylic acids is 1. The molecule has 23 heavy (non-hydrogen) atoms. The van der Waals surface area contributed by atoms with Gasteiger partial charge in [-0.2, -0.15) is 0 Å². The second kappa shape index (κ2) is 7.88. The van der Waals surface area contributed by atoms with E-state index in [4.69, 9.17) is 21.1 Å². The van der Waals surface area contributed by atoms with Crippen molar-refractivity contribution < 1.29 is 14.3 Å². The molecule has 2 aromatic rings. The highest BCUT2D eigenvalue weighted by atomic mass is 35.5. The molecule has 0 fully saturated rings. The third-order valence-corrected chi connectivity index (χ3v) is 3.97. The van der Waals surface area contributed by atoms with Gasteiger partial charge in [-0.1, -0.05) is 36.7 Å². The minimum Gasteiger partial charge on any atom is -0.493 e. The first-order chi connectivity index (χ1) is 11.1. The van der Waals surface area contributed by atoms with Crippen LogP contribution in [0.3, 0.4) is 0 Å². The van der Waals surface area contributed by atoms with Gasteiger partial charge in [-0.15, -0.1) is 0 Å². The van der Waals surface area contributed by atoms with Crippen LogP contribution in [0.5, 0.6) is 11.5 Å². The number of methoxy groups -OCH3 is 2. The van der Waals surface area contributed by atoms with Gasteiger partial charge in [-0.3, -0.25) is 4.79 Å². The molecule has 2 aromatic carbocycles. The third-order valence-electron chi connectivity index (χ3n) is 3.64. The van der Waals surface area contributed by atoms with Crippen molar-refractivity contribution in [2.24, 2.45) is 0 Å². The van der Waals surface area contributed by atoms with Crippen LogP contribution in [0, 0.1) is 0 Å². The molecule has 0 saturated carbocycles. The Bertz CT molecular complexity index is 688. The number of hydrogen-bond donors (Lipinski definition) is 1. The average molecular weight is 334 g/mol. The Morgan fingerprint density at radius 2 is 1.83 bits per heavy atom. The largest absolute Gasteiger partial charge is 0.493 e. The summed E-state index contributed by atoms with van der Waals surface area (Å²) in [6, 6.07) is 12.5. The van der Waals surface area contributed by atoms with Gasteiger partial charge in [-0.05, 0) is 36.2 Å². The maximum atomic E-state index is 12.4. The van der Waals surface area contributed by atoms with Crippen LogP contribution < -0.4 is 14.8 Å². The van der Waals surface area contributed by atoms with Gasteiger partial charge in [0.25, 0.3) is 5.91 Å². The van der Waals surface area contributed by atoms with Gasteiger partial charge in [0.2, 0.25) is 0 Å². The summed E-state index contributed by atoms with van der Waals surface area (Å²) in [7, 11) is 3.18. The Labute approximate surface area is 141 Å². The van der Waals surface area contributed by atoms with E-state index < -0.39 is 0 Å². The van der Waals surface area contributed by atoms with Gasteiger partial charge in [0, 0.05) is 0 Å². The highest BCUT2D eigenvalue weighted by Crippen LogP contribution is 2.31. The van der Waals surface area contributed by atoms with Gasteiger partial charge in [-0.25, -0.2) is 0 Å². The Balaban J connectivity index is 2.23. The number of hydrogen-bond acceptors (Lipinski definition) is 3. The first-order valence-corrected chi connectivity index (χ1v) is 7.75. The summed E-state index contributed by atoms with van der Waals surface area (Å²) in [5.74, 6) is 1.09. The third kappa shape index (κ3) is 3.96. The number of halogens is 1. The minimum absolute atomic E-state index is 0.140. The highest BCUT2D eigenvalue weighted by molar-refractivity contribution is 6.33. The van der Waals surface area contributed by atoms with Crippen LogP contribution in [0.4, 0.5) is 0 Å². The lowest BCUT2D eigenvalue weighted by atomic mass is 10.0. The van der Waals surface area contributed by atoms with E-state index in [0.29, 0.717) is 22.1 Å². The monoisotopic (exact) mass is 333 g/mol. The molecule has 5 heteroatoms. The smallest absolute Gasteiger partial charge is 0.253 e. The van der Waals surface area contributed by atoms with Crippen molar-refractivity contribution in [1.29, 1.82) is 0 Å². The van der Waals surface area contributed by atoms with E-state index in [1.165, 1.54) is 0 Å². The summed E-state index contributed by atoms with van der Waals surface area (Å²) in [5.41, 5.74) is 1.42. The summed E-state index contributed by atoms with van der Waals surface area (Å²) in [6.07, 6.45) is 0.742. The summed E-state index contributed by atoms with van der Waals surface area (Å²) >= 11 is 6.08. The van der Waals surface area contributed by atoms with Crippen molar-refractivity contribution >= 4 is 17.5 Å². The van der Waals surface area contributed by atoms with Crippen LogP contribution >= 0.6 is 11.6 Å². The van der Waals surface area contributed by atoms with Crippen molar-refractivity contribution in [3.05, 3.63) is 58.6 Å². The van der Waals surface area contributed by atoms with Crippen molar-refractivity contribution in [3.8, 4) is 11.5 Å². The van der Waals surface area contributed by atoms with Crippen LogP contribution in [0.2, 0.25) is 5.02 Å². The van der Waals surface area contributed by atoms with Crippen LogP contribution in [0.25, 0.3) is 0 Å². The zero-order chi connectivity index (χ0) is 16.8. The van der Waals surface area contributed by atoms with Gasteiger partial charge in [0.1, 0.15) is 0 Å². The van der Waals surface area contributed by atoms with Crippen molar-refractivity contribution in [2.75, 3.05) is 14.2 Å². The number of amides is 1. The Morgan fingerprint density at radius 1 is 1.13 bits per heavy atom. The van der Waals surface area contributed by atoms with Crippen LogP contribution in [-0.2, 0) is 0 Å². The first-order valence-electron chi connectivity index (χ1n) is 7.38. The second-order valence-corrected chi connectivity index (χ2v) is 5.44. The zero-order valence-corrected chi connectivity index (χ0v) is 14.2. The van der Waals surface area contributed by atoms with Gasteiger partial charge < -0.3 is 14.8 Å². The van der Waals surface area contributed by atoms with E-state index >= 15 is 0 Å². The summed E-state index contributed by atoms with van der Waals surface area (Å²) in [4.78, 5) is 12.4. The molecule has 0 saturated heterocycles. The molecule has 0 unspecified atom stereocenters. The fourth-order valence-electron chi connectivity index (χ4n) is 2.37. The summed E-state index contributed by atoms with van der Waals surface area (Å²) < 4.78 is 10.6. The molecule has 1 amide bonds.